The van der Waals surface area contributed by atoms with E-state index < -0.39 is 0 Å². The fourth-order valence-electron chi connectivity index (χ4n) is 3.27. The number of aryl methyl sites for hydroxylation is 1. The molecule has 2 heterocycles. The number of halogens is 1. The number of benzene rings is 2. The summed E-state index contributed by atoms with van der Waals surface area (Å²) in [5.41, 5.74) is 2.73. The predicted octanol–water partition coefficient (Wildman–Crippen LogP) is 4.45. The van der Waals surface area contributed by atoms with Crippen LogP contribution in [0.1, 0.15) is 23.2 Å². The van der Waals surface area contributed by atoms with Crippen LogP contribution in [0.4, 0.5) is 4.39 Å². The minimum atomic E-state index is -0.303. The molecule has 29 heavy (non-hydrogen) atoms. The fourth-order valence-corrected chi connectivity index (χ4v) is 3.27. The highest BCUT2D eigenvalue weighted by molar-refractivity contribution is 6.07. The van der Waals surface area contributed by atoms with E-state index in [0.717, 1.165) is 35.9 Å². The second kappa shape index (κ2) is 8.65. The van der Waals surface area contributed by atoms with Crippen LogP contribution in [0, 0.1) is 5.82 Å². The summed E-state index contributed by atoms with van der Waals surface area (Å²) < 4.78 is 15.3. The van der Waals surface area contributed by atoms with Gasteiger partial charge in [0.1, 0.15) is 5.82 Å². The largest absolute Gasteiger partial charge is 0.352 e. The van der Waals surface area contributed by atoms with E-state index in [-0.39, 0.29) is 11.7 Å². The number of hydrogen-bond acceptors (Lipinski definition) is 3. The van der Waals surface area contributed by atoms with Crippen LogP contribution in [0.25, 0.3) is 22.2 Å². The highest BCUT2D eigenvalue weighted by Crippen LogP contribution is 2.25. The van der Waals surface area contributed by atoms with E-state index in [2.05, 4.69) is 15.3 Å². The Kier molecular flexibility index (Phi) is 5.61. The van der Waals surface area contributed by atoms with E-state index in [1.807, 2.05) is 35.0 Å². The summed E-state index contributed by atoms with van der Waals surface area (Å²) in [6.45, 7) is 1.47. The molecule has 0 aliphatic rings. The number of unbranched alkanes of at least 4 members (excludes halogenated alkanes) is 1. The van der Waals surface area contributed by atoms with Crippen LogP contribution in [-0.4, -0.2) is 27.0 Å². The molecule has 0 fully saturated rings. The number of rotatable bonds is 7. The average Bonchev–Trinajstić information content (AvgIpc) is 3.26. The van der Waals surface area contributed by atoms with E-state index in [4.69, 9.17) is 0 Å². The molecule has 2 aromatic carbocycles. The minimum Gasteiger partial charge on any atom is -0.352 e. The molecule has 5 nitrogen and oxygen atoms in total. The normalized spacial score (nSPS) is 10.9. The lowest BCUT2D eigenvalue weighted by atomic mass is 10.0. The maximum Gasteiger partial charge on any atom is 0.252 e. The molecule has 0 saturated heterocycles. The third-order valence-corrected chi connectivity index (χ3v) is 4.79. The first-order valence-electron chi connectivity index (χ1n) is 9.60. The lowest BCUT2D eigenvalue weighted by Gasteiger charge is -2.11. The molecule has 4 aromatic rings. The summed E-state index contributed by atoms with van der Waals surface area (Å²) in [7, 11) is 0. The zero-order valence-electron chi connectivity index (χ0n) is 15.9. The van der Waals surface area contributed by atoms with Crippen molar-refractivity contribution < 1.29 is 9.18 Å². The first kappa shape index (κ1) is 18.8. The summed E-state index contributed by atoms with van der Waals surface area (Å²) in [4.78, 5) is 21.5. The standard InChI is InChI=1S/C23H21FN4O/c24-18-9-7-17(8-10-18)22-15-20(19-5-1-2-6-21(19)27-22)23(29)26-11-3-4-13-28-14-12-25-16-28/h1-2,5-10,12,14-16H,3-4,11,13H2,(H,26,29). The Morgan fingerprint density at radius 3 is 2.69 bits per heavy atom. The molecule has 2 aromatic heterocycles. The van der Waals surface area contributed by atoms with Crippen LogP contribution in [0.15, 0.2) is 73.3 Å². The van der Waals surface area contributed by atoms with E-state index in [1.54, 1.807) is 30.7 Å². The van der Waals surface area contributed by atoms with Gasteiger partial charge in [0.25, 0.3) is 5.91 Å². The second-order valence-electron chi connectivity index (χ2n) is 6.84. The Bertz CT molecular complexity index is 1110. The van der Waals surface area contributed by atoms with Crippen molar-refractivity contribution >= 4 is 16.8 Å². The van der Waals surface area contributed by atoms with Gasteiger partial charge >= 0.3 is 0 Å². The third-order valence-electron chi connectivity index (χ3n) is 4.79. The number of amides is 1. The van der Waals surface area contributed by atoms with E-state index in [9.17, 15) is 9.18 Å². The van der Waals surface area contributed by atoms with E-state index in [0.29, 0.717) is 17.8 Å². The summed E-state index contributed by atoms with van der Waals surface area (Å²) in [6, 6.07) is 15.5. The highest BCUT2D eigenvalue weighted by atomic mass is 19.1. The number of pyridine rings is 1. The van der Waals surface area contributed by atoms with Crippen molar-refractivity contribution in [2.45, 2.75) is 19.4 Å². The van der Waals surface area contributed by atoms with Crippen molar-refractivity contribution in [2.75, 3.05) is 6.54 Å². The van der Waals surface area contributed by atoms with Crippen molar-refractivity contribution in [3.63, 3.8) is 0 Å². The Balaban J connectivity index is 1.50. The van der Waals surface area contributed by atoms with Crippen LogP contribution < -0.4 is 5.32 Å². The molecule has 0 radical (unpaired) electrons. The number of nitrogens with one attached hydrogen (secondary N) is 1. The molecule has 0 atom stereocenters. The molecule has 1 amide bonds. The first-order valence-corrected chi connectivity index (χ1v) is 9.60. The molecule has 4 rings (SSSR count). The number of aromatic nitrogens is 3. The molecule has 0 unspecified atom stereocenters. The lowest BCUT2D eigenvalue weighted by Crippen LogP contribution is -2.25. The van der Waals surface area contributed by atoms with Gasteiger partial charge < -0.3 is 9.88 Å². The molecule has 146 valence electrons. The third kappa shape index (κ3) is 4.48. The molecule has 0 bridgehead atoms. The maximum atomic E-state index is 13.3. The Morgan fingerprint density at radius 1 is 1.07 bits per heavy atom. The van der Waals surface area contributed by atoms with E-state index >= 15 is 0 Å². The summed E-state index contributed by atoms with van der Waals surface area (Å²) in [5.74, 6) is -0.433. The van der Waals surface area contributed by atoms with Crippen LogP contribution in [0.5, 0.6) is 0 Å². The smallest absolute Gasteiger partial charge is 0.252 e. The van der Waals surface area contributed by atoms with Gasteiger partial charge in [0.05, 0.1) is 23.1 Å². The van der Waals surface area contributed by atoms with Gasteiger partial charge in [-0.05, 0) is 49.2 Å². The molecule has 0 aliphatic heterocycles. The van der Waals surface area contributed by atoms with Crippen molar-refractivity contribution in [2.24, 2.45) is 0 Å². The van der Waals surface area contributed by atoms with Crippen LogP contribution in [-0.2, 0) is 6.54 Å². The van der Waals surface area contributed by atoms with Gasteiger partial charge in [0, 0.05) is 36.4 Å². The van der Waals surface area contributed by atoms with Gasteiger partial charge in [0.2, 0.25) is 0 Å². The number of nitrogens with zero attached hydrogens (tertiary/aromatic N) is 3. The van der Waals surface area contributed by atoms with Gasteiger partial charge in [-0.25, -0.2) is 14.4 Å². The fraction of sp³-hybridized carbons (Fsp3) is 0.174. The predicted molar refractivity (Wildman–Crippen MR) is 111 cm³/mol. The highest BCUT2D eigenvalue weighted by Gasteiger charge is 2.13. The van der Waals surface area contributed by atoms with Crippen LogP contribution in [0.3, 0.4) is 0 Å². The number of para-hydroxylation sites is 1. The Labute approximate surface area is 168 Å². The molecular formula is C23H21FN4O. The molecule has 0 aliphatic carbocycles. The zero-order valence-corrected chi connectivity index (χ0v) is 15.9. The molecule has 6 heteroatoms. The van der Waals surface area contributed by atoms with Crippen molar-refractivity contribution in [3.05, 3.63) is 84.7 Å². The van der Waals surface area contributed by atoms with Crippen molar-refractivity contribution in [3.8, 4) is 11.3 Å². The summed E-state index contributed by atoms with van der Waals surface area (Å²) in [6.07, 6.45) is 7.30. The van der Waals surface area contributed by atoms with Gasteiger partial charge in [-0.2, -0.15) is 0 Å². The molecule has 0 saturated carbocycles. The van der Waals surface area contributed by atoms with Crippen LogP contribution >= 0.6 is 0 Å². The minimum absolute atomic E-state index is 0.130. The number of imidazole rings is 1. The Morgan fingerprint density at radius 2 is 1.90 bits per heavy atom. The topological polar surface area (TPSA) is 59.8 Å². The van der Waals surface area contributed by atoms with Gasteiger partial charge in [-0.15, -0.1) is 0 Å². The molecular weight excluding hydrogens is 367 g/mol. The SMILES string of the molecule is O=C(NCCCCn1ccnc1)c1cc(-c2ccc(F)cc2)nc2ccccc12. The summed E-state index contributed by atoms with van der Waals surface area (Å²) in [5, 5.41) is 3.81. The first-order chi connectivity index (χ1) is 14.2. The van der Waals surface area contributed by atoms with Crippen molar-refractivity contribution in [1.82, 2.24) is 19.9 Å². The molecule has 0 spiro atoms. The number of carbonyl (C=O) groups excluding carboxylic acids is 1. The van der Waals surface area contributed by atoms with Crippen LogP contribution in [0.2, 0.25) is 0 Å². The number of hydrogen-bond donors (Lipinski definition) is 1. The van der Waals surface area contributed by atoms with Gasteiger partial charge in [-0.1, -0.05) is 18.2 Å². The number of carbonyl (C=O) groups is 1. The average molecular weight is 388 g/mol. The van der Waals surface area contributed by atoms with Gasteiger partial charge in [0.15, 0.2) is 0 Å². The monoisotopic (exact) mass is 388 g/mol. The molecule has 1 N–H and O–H groups in total. The lowest BCUT2D eigenvalue weighted by molar-refractivity contribution is 0.0954. The summed E-state index contributed by atoms with van der Waals surface area (Å²) >= 11 is 0. The Hall–Kier alpha value is -3.54. The zero-order chi connectivity index (χ0) is 20.1. The van der Waals surface area contributed by atoms with Gasteiger partial charge in [-0.3, -0.25) is 4.79 Å². The second-order valence-corrected chi connectivity index (χ2v) is 6.84. The number of fused-ring (bicyclic) bond motifs is 1. The van der Waals surface area contributed by atoms with Crippen molar-refractivity contribution in [1.29, 1.82) is 0 Å². The van der Waals surface area contributed by atoms with E-state index in [1.165, 1.54) is 12.1 Å². The maximum absolute atomic E-state index is 13.3. The quantitative estimate of drug-likeness (QED) is 0.476.